The highest BCUT2D eigenvalue weighted by Crippen LogP contribution is 2.66. The first-order chi connectivity index (χ1) is 6.23. The summed E-state index contributed by atoms with van der Waals surface area (Å²) in [7, 11) is 0.0172. The van der Waals surface area contributed by atoms with Crippen LogP contribution in [-0.4, -0.2) is 10.3 Å². The van der Waals surface area contributed by atoms with E-state index in [0.717, 1.165) is 0 Å². The third kappa shape index (κ3) is 2.83. The third-order valence-corrected chi connectivity index (χ3v) is 6.31. The maximum atomic E-state index is 2.52. The first-order valence-corrected chi connectivity index (χ1v) is 7.06. The van der Waals surface area contributed by atoms with Crippen molar-refractivity contribution in [2.45, 2.75) is 71.1 Å². The number of hydrogen-bond acceptors (Lipinski definition) is 0. The van der Waals surface area contributed by atoms with Gasteiger partial charge in [0, 0.05) is 0 Å². The highest BCUT2D eigenvalue weighted by Gasteiger charge is 2.37. The second-order valence-electron chi connectivity index (χ2n) is 6.26. The number of allylic oxidation sites excluding steroid dienone is 2. The Morgan fingerprint density at radius 1 is 1.00 bits per heavy atom. The van der Waals surface area contributed by atoms with Gasteiger partial charge in [-0.15, -0.1) is 0 Å². The standard InChI is InChI=1S/C13H25P/c1-12(2,3)14(13(4,5)6)11-9-7-8-10-11/h9H,7-8,10H2,1-6H3. The van der Waals surface area contributed by atoms with Crippen LogP contribution in [0, 0.1) is 0 Å². The molecule has 0 amide bonds. The van der Waals surface area contributed by atoms with Crippen LogP contribution in [0.15, 0.2) is 11.4 Å². The molecule has 0 aromatic rings. The van der Waals surface area contributed by atoms with Crippen LogP contribution in [0.1, 0.15) is 60.8 Å². The average molecular weight is 212 g/mol. The van der Waals surface area contributed by atoms with Gasteiger partial charge in [0.15, 0.2) is 0 Å². The van der Waals surface area contributed by atoms with Gasteiger partial charge in [0.1, 0.15) is 0 Å². The summed E-state index contributed by atoms with van der Waals surface area (Å²) in [6.45, 7) is 14.4. The summed E-state index contributed by atoms with van der Waals surface area (Å²) in [6, 6.07) is 0. The first kappa shape index (κ1) is 12.2. The molecule has 0 radical (unpaired) electrons. The maximum Gasteiger partial charge on any atom is -0.0138 e. The Balaban J connectivity index is 2.94. The summed E-state index contributed by atoms with van der Waals surface area (Å²) >= 11 is 0. The van der Waals surface area contributed by atoms with Crippen molar-refractivity contribution in [1.82, 2.24) is 0 Å². The van der Waals surface area contributed by atoms with E-state index in [1.807, 2.05) is 0 Å². The van der Waals surface area contributed by atoms with Gasteiger partial charge in [-0.05, 0) is 34.9 Å². The molecule has 14 heavy (non-hydrogen) atoms. The van der Waals surface area contributed by atoms with E-state index in [1.54, 1.807) is 5.31 Å². The van der Waals surface area contributed by atoms with Crippen molar-refractivity contribution in [2.75, 3.05) is 0 Å². The van der Waals surface area contributed by atoms with Gasteiger partial charge >= 0.3 is 0 Å². The molecule has 0 heterocycles. The lowest BCUT2D eigenvalue weighted by atomic mass is 10.2. The molecule has 0 N–H and O–H groups in total. The van der Waals surface area contributed by atoms with Crippen molar-refractivity contribution in [1.29, 1.82) is 0 Å². The second-order valence-corrected chi connectivity index (χ2v) is 10.2. The molecule has 1 aliphatic carbocycles. The molecule has 0 nitrogen and oxygen atoms in total. The summed E-state index contributed by atoms with van der Waals surface area (Å²) < 4.78 is 0. The van der Waals surface area contributed by atoms with Crippen LogP contribution in [0.5, 0.6) is 0 Å². The fourth-order valence-electron chi connectivity index (χ4n) is 2.72. The normalized spacial score (nSPS) is 18.9. The average Bonchev–Trinajstić information content (AvgIpc) is 2.31. The van der Waals surface area contributed by atoms with E-state index in [0.29, 0.717) is 10.3 Å². The van der Waals surface area contributed by atoms with Crippen LogP contribution in [0.25, 0.3) is 0 Å². The van der Waals surface area contributed by atoms with Gasteiger partial charge in [0.25, 0.3) is 0 Å². The lowest BCUT2D eigenvalue weighted by Crippen LogP contribution is -2.25. The van der Waals surface area contributed by atoms with E-state index in [9.17, 15) is 0 Å². The molecule has 0 atom stereocenters. The van der Waals surface area contributed by atoms with Crippen LogP contribution in [0.4, 0.5) is 0 Å². The molecule has 1 aliphatic rings. The summed E-state index contributed by atoms with van der Waals surface area (Å²) in [5.74, 6) is 0. The van der Waals surface area contributed by atoms with E-state index >= 15 is 0 Å². The molecule has 0 saturated heterocycles. The molecule has 0 aromatic heterocycles. The van der Waals surface area contributed by atoms with Crippen LogP contribution < -0.4 is 0 Å². The quantitative estimate of drug-likeness (QED) is 0.528. The predicted octanol–water partition coefficient (Wildman–Crippen LogP) is 5.13. The second kappa shape index (κ2) is 3.97. The minimum atomic E-state index is 0.0172. The molecule has 0 aromatic carbocycles. The summed E-state index contributed by atoms with van der Waals surface area (Å²) in [5.41, 5.74) is 0. The molecule has 0 bridgehead atoms. The summed E-state index contributed by atoms with van der Waals surface area (Å²) in [5, 5.41) is 2.70. The van der Waals surface area contributed by atoms with Crippen molar-refractivity contribution in [2.24, 2.45) is 0 Å². The minimum Gasteiger partial charge on any atom is -0.0808 e. The molecule has 0 fully saturated rings. The third-order valence-electron chi connectivity index (χ3n) is 2.65. The largest absolute Gasteiger partial charge is 0.0808 e. The summed E-state index contributed by atoms with van der Waals surface area (Å²) in [4.78, 5) is 0. The van der Waals surface area contributed by atoms with Gasteiger partial charge in [-0.2, -0.15) is 0 Å². The monoisotopic (exact) mass is 212 g/mol. The number of rotatable bonds is 1. The molecule has 0 aliphatic heterocycles. The van der Waals surface area contributed by atoms with E-state index in [4.69, 9.17) is 0 Å². The Morgan fingerprint density at radius 3 is 1.79 bits per heavy atom. The highest BCUT2D eigenvalue weighted by atomic mass is 31.1. The molecule has 1 rings (SSSR count). The van der Waals surface area contributed by atoms with Gasteiger partial charge in [-0.1, -0.05) is 55.5 Å². The van der Waals surface area contributed by atoms with Crippen molar-refractivity contribution in [3.8, 4) is 0 Å². The molecular formula is C13H25P. The number of hydrogen-bond donors (Lipinski definition) is 0. The van der Waals surface area contributed by atoms with Gasteiger partial charge < -0.3 is 0 Å². The van der Waals surface area contributed by atoms with Crippen LogP contribution in [0.2, 0.25) is 0 Å². The van der Waals surface area contributed by atoms with Crippen LogP contribution in [0.3, 0.4) is 0 Å². The van der Waals surface area contributed by atoms with E-state index in [1.165, 1.54) is 19.3 Å². The van der Waals surface area contributed by atoms with Crippen molar-refractivity contribution >= 4 is 7.92 Å². The zero-order valence-corrected chi connectivity index (χ0v) is 11.5. The van der Waals surface area contributed by atoms with Crippen LogP contribution in [-0.2, 0) is 0 Å². The van der Waals surface area contributed by atoms with Gasteiger partial charge in [-0.25, -0.2) is 0 Å². The Hall–Kier alpha value is 0.170. The van der Waals surface area contributed by atoms with E-state index < -0.39 is 0 Å². The highest BCUT2D eigenvalue weighted by molar-refractivity contribution is 7.65. The molecule has 82 valence electrons. The smallest absolute Gasteiger partial charge is 0.0138 e. The summed E-state index contributed by atoms with van der Waals surface area (Å²) in [6.07, 6.45) is 6.59. The van der Waals surface area contributed by atoms with Crippen molar-refractivity contribution in [3.05, 3.63) is 11.4 Å². The Morgan fingerprint density at radius 2 is 1.50 bits per heavy atom. The van der Waals surface area contributed by atoms with Gasteiger partial charge in [-0.3, -0.25) is 0 Å². The zero-order valence-electron chi connectivity index (χ0n) is 10.6. The predicted molar refractivity (Wildman–Crippen MR) is 68.4 cm³/mol. The fraction of sp³-hybridized carbons (Fsp3) is 0.846. The SMILES string of the molecule is CC(C)(C)P(C1=CCCC1)C(C)(C)C. The van der Waals surface area contributed by atoms with Crippen molar-refractivity contribution < 1.29 is 0 Å². The fourth-order valence-corrected chi connectivity index (χ4v) is 7.15. The molecule has 0 saturated carbocycles. The molecule has 0 unspecified atom stereocenters. The lowest BCUT2D eigenvalue weighted by molar-refractivity contribution is 0.708. The molecule has 1 heteroatoms. The Labute approximate surface area is 90.9 Å². The minimum absolute atomic E-state index is 0.0172. The Kier molecular flexibility index (Phi) is 3.47. The van der Waals surface area contributed by atoms with E-state index in [-0.39, 0.29) is 7.92 Å². The molecule has 0 spiro atoms. The van der Waals surface area contributed by atoms with E-state index in [2.05, 4.69) is 47.6 Å². The first-order valence-electron chi connectivity index (χ1n) is 5.72. The Bertz CT molecular complexity index is 211. The van der Waals surface area contributed by atoms with Gasteiger partial charge in [0.2, 0.25) is 0 Å². The zero-order chi connectivity index (χ0) is 11.0. The topological polar surface area (TPSA) is 0 Å². The molecular weight excluding hydrogens is 187 g/mol. The maximum absolute atomic E-state index is 2.52. The lowest BCUT2D eigenvalue weighted by Gasteiger charge is -2.42. The van der Waals surface area contributed by atoms with Gasteiger partial charge in [0.05, 0.1) is 0 Å². The van der Waals surface area contributed by atoms with Crippen molar-refractivity contribution in [3.63, 3.8) is 0 Å². The van der Waals surface area contributed by atoms with Crippen LogP contribution >= 0.6 is 7.92 Å².